The minimum absolute atomic E-state index is 0.295. The van der Waals surface area contributed by atoms with Gasteiger partial charge in [-0.25, -0.2) is 0 Å². The van der Waals surface area contributed by atoms with Crippen molar-refractivity contribution in [2.24, 2.45) is 0 Å². The van der Waals surface area contributed by atoms with Crippen LogP contribution in [0.15, 0.2) is 6.33 Å². The van der Waals surface area contributed by atoms with Gasteiger partial charge in [-0.2, -0.15) is 5.26 Å². The summed E-state index contributed by atoms with van der Waals surface area (Å²) in [5, 5.41) is 20.7. The largest absolute Gasteiger partial charge is 0.315 e. The van der Waals surface area contributed by atoms with Gasteiger partial charge in [0, 0.05) is 25.7 Å². The molecule has 0 saturated heterocycles. The first-order valence-electron chi connectivity index (χ1n) is 6.30. The Kier molecular flexibility index (Phi) is 3.64. The second-order valence-corrected chi connectivity index (χ2v) is 5.39. The molecule has 1 aliphatic heterocycles. The highest BCUT2D eigenvalue weighted by Gasteiger charge is 2.29. The maximum Gasteiger partial charge on any atom is 0.147 e. The highest BCUT2D eigenvalue weighted by Crippen LogP contribution is 2.13. The van der Waals surface area contributed by atoms with Crippen LogP contribution in [-0.4, -0.2) is 44.3 Å². The second kappa shape index (κ2) is 5.04. The summed E-state index contributed by atoms with van der Waals surface area (Å²) in [4.78, 5) is 2.25. The van der Waals surface area contributed by atoms with Gasteiger partial charge in [0.1, 0.15) is 17.7 Å². The van der Waals surface area contributed by atoms with Crippen LogP contribution < -0.4 is 5.32 Å². The zero-order valence-electron chi connectivity index (χ0n) is 11.2. The van der Waals surface area contributed by atoms with Gasteiger partial charge in [0.2, 0.25) is 0 Å². The van der Waals surface area contributed by atoms with Crippen LogP contribution in [0, 0.1) is 11.3 Å². The summed E-state index contributed by atoms with van der Waals surface area (Å²) in [6, 6.07) is 2.67. The smallest absolute Gasteiger partial charge is 0.147 e. The highest BCUT2D eigenvalue weighted by atomic mass is 15.3. The van der Waals surface area contributed by atoms with E-state index in [4.69, 9.17) is 0 Å². The molecular formula is C12H20N6. The maximum atomic E-state index is 9.35. The van der Waals surface area contributed by atoms with E-state index >= 15 is 0 Å². The van der Waals surface area contributed by atoms with Crippen molar-refractivity contribution in [2.45, 2.75) is 45.4 Å². The first kappa shape index (κ1) is 13.0. The predicted octanol–water partition coefficient (Wildman–Crippen LogP) is 0.374. The molecule has 1 aromatic heterocycles. The van der Waals surface area contributed by atoms with Gasteiger partial charge in [0.15, 0.2) is 0 Å². The summed E-state index contributed by atoms with van der Waals surface area (Å²) in [5.74, 6) is 0.978. The van der Waals surface area contributed by atoms with Gasteiger partial charge in [0.05, 0.1) is 12.6 Å². The monoisotopic (exact) mass is 248 g/mol. The third kappa shape index (κ3) is 2.86. The lowest BCUT2D eigenvalue weighted by Gasteiger charge is -2.34. The Morgan fingerprint density at radius 1 is 1.56 bits per heavy atom. The number of nitrogens with zero attached hydrogens (tertiary/aromatic N) is 5. The number of aromatic nitrogens is 3. The average Bonchev–Trinajstić information content (AvgIpc) is 2.75. The molecule has 1 aliphatic rings. The van der Waals surface area contributed by atoms with Crippen LogP contribution in [0.25, 0.3) is 0 Å². The SMILES string of the molecule is CC(C)NC(C)(C#N)CN1CCn2cnnc2C1. The molecule has 0 radical (unpaired) electrons. The molecule has 0 spiro atoms. The number of nitrogens with one attached hydrogen (secondary N) is 1. The fourth-order valence-electron chi connectivity index (χ4n) is 2.45. The van der Waals surface area contributed by atoms with Gasteiger partial charge in [-0.15, -0.1) is 10.2 Å². The van der Waals surface area contributed by atoms with Gasteiger partial charge in [0.25, 0.3) is 0 Å². The Morgan fingerprint density at radius 3 is 3.00 bits per heavy atom. The van der Waals surface area contributed by atoms with E-state index in [9.17, 15) is 5.26 Å². The molecule has 1 N–H and O–H groups in total. The van der Waals surface area contributed by atoms with Crippen LogP contribution in [0.1, 0.15) is 26.6 Å². The van der Waals surface area contributed by atoms with Gasteiger partial charge < -0.3 is 4.57 Å². The van der Waals surface area contributed by atoms with Crippen LogP contribution in [0.5, 0.6) is 0 Å². The van der Waals surface area contributed by atoms with Crippen LogP contribution in [-0.2, 0) is 13.1 Å². The number of fused-ring (bicyclic) bond motifs is 1. The fourth-order valence-corrected chi connectivity index (χ4v) is 2.45. The third-order valence-corrected chi connectivity index (χ3v) is 3.11. The molecule has 6 nitrogen and oxygen atoms in total. The first-order valence-corrected chi connectivity index (χ1v) is 6.30. The van der Waals surface area contributed by atoms with Crippen molar-refractivity contribution in [1.82, 2.24) is 25.0 Å². The summed E-state index contributed by atoms with van der Waals surface area (Å²) < 4.78 is 2.07. The van der Waals surface area contributed by atoms with Gasteiger partial charge in [-0.1, -0.05) is 0 Å². The summed E-state index contributed by atoms with van der Waals surface area (Å²) in [6.45, 7) is 9.36. The van der Waals surface area contributed by atoms with Crippen molar-refractivity contribution >= 4 is 0 Å². The molecule has 1 unspecified atom stereocenters. The van der Waals surface area contributed by atoms with Crippen molar-refractivity contribution in [1.29, 1.82) is 5.26 Å². The summed E-state index contributed by atoms with van der Waals surface area (Å²) in [6.07, 6.45) is 1.77. The zero-order chi connectivity index (χ0) is 13.2. The van der Waals surface area contributed by atoms with Crippen molar-refractivity contribution < 1.29 is 0 Å². The van der Waals surface area contributed by atoms with E-state index in [2.05, 4.69) is 44.9 Å². The van der Waals surface area contributed by atoms with Gasteiger partial charge in [-0.05, 0) is 20.8 Å². The first-order chi connectivity index (χ1) is 8.52. The van der Waals surface area contributed by atoms with Crippen molar-refractivity contribution in [3.8, 4) is 6.07 Å². The lowest BCUT2D eigenvalue weighted by Crippen LogP contribution is -2.53. The van der Waals surface area contributed by atoms with Crippen LogP contribution in [0.2, 0.25) is 0 Å². The molecule has 1 aromatic rings. The molecule has 0 amide bonds. The summed E-state index contributed by atoms with van der Waals surface area (Å²) in [5.41, 5.74) is -0.518. The lowest BCUT2D eigenvalue weighted by atomic mass is 10.0. The van der Waals surface area contributed by atoms with Crippen LogP contribution in [0.4, 0.5) is 0 Å². The summed E-state index contributed by atoms with van der Waals surface area (Å²) in [7, 11) is 0. The minimum atomic E-state index is -0.518. The molecule has 18 heavy (non-hydrogen) atoms. The quantitative estimate of drug-likeness (QED) is 0.834. The van der Waals surface area contributed by atoms with Crippen molar-refractivity contribution in [2.75, 3.05) is 13.1 Å². The zero-order valence-corrected chi connectivity index (χ0v) is 11.2. The van der Waals surface area contributed by atoms with E-state index in [1.807, 2.05) is 6.92 Å². The molecular weight excluding hydrogens is 228 g/mol. The van der Waals surface area contributed by atoms with E-state index < -0.39 is 5.54 Å². The van der Waals surface area contributed by atoms with Crippen molar-refractivity contribution in [3.05, 3.63) is 12.2 Å². The minimum Gasteiger partial charge on any atom is -0.315 e. The Morgan fingerprint density at radius 2 is 2.33 bits per heavy atom. The third-order valence-electron chi connectivity index (χ3n) is 3.11. The molecule has 6 heteroatoms. The molecule has 0 saturated carbocycles. The van der Waals surface area contributed by atoms with Crippen LogP contribution in [0.3, 0.4) is 0 Å². The molecule has 1 atom stereocenters. The maximum absolute atomic E-state index is 9.35. The fraction of sp³-hybridized carbons (Fsp3) is 0.750. The van der Waals surface area contributed by atoms with E-state index in [1.54, 1.807) is 6.33 Å². The lowest BCUT2D eigenvalue weighted by molar-refractivity contribution is 0.173. The molecule has 0 aromatic carbocycles. The normalized spacial score (nSPS) is 19.3. The van der Waals surface area contributed by atoms with Gasteiger partial charge >= 0.3 is 0 Å². The van der Waals surface area contributed by atoms with Crippen LogP contribution >= 0.6 is 0 Å². The Balaban J connectivity index is 2.00. The van der Waals surface area contributed by atoms with E-state index in [1.165, 1.54) is 0 Å². The Labute approximate surface area is 108 Å². The Hall–Kier alpha value is -1.45. The predicted molar refractivity (Wildman–Crippen MR) is 67.6 cm³/mol. The number of nitriles is 1. The second-order valence-electron chi connectivity index (χ2n) is 5.39. The van der Waals surface area contributed by atoms with Crippen molar-refractivity contribution in [3.63, 3.8) is 0 Å². The number of hydrogen-bond donors (Lipinski definition) is 1. The molecule has 2 heterocycles. The average molecular weight is 248 g/mol. The van der Waals surface area contributed by atoms with Gasteiger partial charge in [-0.3, -0.25) is 10.2 Å². The topological polar surface area (TPSA) is 69.8 Å². The molecule has 0 aliphatic carbocycles. The highest BCUT2D eigenvalue weighted by molar-refractivity contribution is 5.07. The summed E-state index contributed by atoms with van der Waals surface area (Å²) >= 11 is 0. The number of hydrogen-bond acceptors (Lipinski definition) is 5. The van der Waals surface area contributed by atoms with E-state index in [0.717, 1.165) is 25.5 Å². The van der Waals surface area contributed by atoms with E-state index in [-0.39, 0.29) is 0 Å². The number of rotatable bonds is 4. The molecule has 0 bridgehead atoms. The Bertz CT molecular complexity index is 446. The molecule has 98 valence electrons. The van der Waals surface area contributed by atoms with E-state index in [0.29, 0.717) is 12.6 Å². The molecule has 2 rings (SSSR count). The molecule has 0 fully saturated rings. The standard InChI is InChI=1S/C12H20N6/c1-10(2)15-12(3,7-13)8-17-4-5-18-9-14-16-11(18)6-17/h9-10,15H,4-6,8H2,1-3H3.